The summed E-state index contributed by atoms with van der Waals surface area (Å²) < 4.78 is 5.75. The van der Waals surface area contributed by atoms with Gasteiger partial charge in [-0.3, -0.25) is 9.59 Å². The third kappa shape index (κ3) is 3.34. The first-order valence-electron chi connectivity index (χ1n) is 6.44. The minimum atomic E-state index is -0.864. The third-order valence-corrected chi connectivity index (χ3v) is 3.18. The fourth-order valence-corrected chi connectivity index (χ4v) is 2.33. The molecule has 19 heavy (non-hydrogen) atoms. The number of carbonyl (C=O) groups is 2. The summed E-state index contributed by atoms with van der Waals surface area (Å²) in [6, 6.07) is 5.45. The Morgan fingerprint density at radius 3 is 2.74 bits per heavy atom. The van der Waals surface area contributed by atoms with Crippen molar-refractivity contribution in [1.82, 2.24) is 0 Å². The van der Waals surface area contributed by atoms with Crippen molar-refractivity contribution in [1.29, 1.82) is 0 Å². The first kappa shape index (κ1) is 13.6. The lowest BCUT2D eigenvalue weighted by Crippen LogP contribution is -2.24. The smallest absolute Gasteiger partial charge is 0.303 e. The number of ketones is 1. The van der Waals surface area contributed by atoms with Crippen LogP contribution in [-0.4, -0.2) is 22.5 Å². The lowest BCUT2D eigenvalue weighted by Gasteiger charge is -2.16. The Kier molecular flexibility index (Phi) is 3.60. The van der Waals surface area contributed by atoms with Crippen LogP contribution in [0.4, 0.5) is 0 Å². The number of carboxylic acids is 1. The largest absolute Gasteiger partial charge is 0.487 e. The number of aliphatic carboxylic acids is 1. The van der Waals surface area contributed by atoms with Gasteiger partial charge in [-0.25, -0.2) is 0 Å². The van der Waals surface area contributed by atoms with Gasteiger partial charge < -0.3 is 9.84 Å². The number of carbonyl (C=O) groups excluding carboxylic acids is 1. The molecule has 1 aromatic carbocycles. The van der Waals surface area contributed by atoms with Crippen molar-refractivity contribution in [3.63, 3.8) is 0 Å². The number of fused-ring (bicyclic) bond motifs is 1. The number of ether oxygens (including phenoxy) is 1. The second kappa shape index (κ2) is 5.03. The van der Waals surface area contributed by atoms with E-state index in [0.717, 1.165) is 17.7 Å². The Morgan fingerprint density at radius 2 is 2.05 bits per heavy atom. The highest BCUT2D eigenvalue weighted by Gasteiger charge is 2.30. The Balaban J connectivity index is 2.03. The molecule has 0 aliphatic carbocycles. The molecule has 1 N–H and O–H groups in total. The monoisotopic (exact) mass is 262 g/mol. The SMILES string of the molecule is CC1(C)Cc2cc(C(=O)CCCC(=O)O)ccc2O1. The summed E-state index contributed by atoms with van der Waals surface area (Å²) in [5, 5.41) is 8.55. The van der Waals surface area contributed by atoms with Crippen molar-refractivity contribution >= 4 is 11.8 Å². The van der Waals surface area contributed by atoms with Gasteiger partial charge in [-0.2, -0.15) is 0 Å². The number of Topliss-reactive ketones (excluding diaryl/α,β-unsaturated/α-hetero) is 1. The minimum absolute atomic E-state index is 0.00578. The lowest BCUT2D eigenvalue weighted by molar-refractivity contribution is -0.137. The van der Waals surface area contributed by atoms with Gasteiger partial charge >= 0.3 is 5.97 Å². The highest BCUT2D eigenvalue weighted by Crippen LogP contribution is 2.35. The van der Waals surface area contributed by atoms with Gasteiger partial charge in [0.05, 0.1) is 0 Å². The van der Waals surface area contributed by atoms with Gasteiger partial charge in [0.1, 0.15) is 11.4 Å². The number of hydrogen-bond donors (Lipinski definition) is 1. The zero-order chi connectivity index (χ0) is 14.0. The standard InChI is InChI=1S/C15H18O4/c1-15(2)9-11-8-10(6-7-13(11)19-15)12(16)4-3-5-14(17)18/h6-8H,3-5,9H2,1-2H3,(H,17,18). The van der Waals surface area contributed by atoms with E-state index in [1.165, 1.54) is 0 Å². The second-order valence-corrected chi connectivity index (χ2v) is 5.53. The van der Waals surface area contributed by atoms with Crippen LogP contribution < -0.4 is 4.74 Å². The van der Waals surface area contributed by atoms with Crippen LogP contribution in [0.25, 0.3) is 0 Å². The first-order valence-corrected chi connectivity index (χ1v) is 6.44. The fraction of sp³-hybridized carbons (Fsp3) is 0.467. The van der Waals surface area contributed by atoms with Gasteiger partial charge in [0.2, 0.25) is 0 Å². The third-order valence-electron chi connectivity index (χ3n) is 3.18. The van der Waals surface area contributed by atoms with Gasteiger partial charge in [-0.1, -0.05) is 0 Å². The Morgan fingerprint density at radius 1 is 1.32 bits per heavy atom. The van der Waals surface area contributed by atoms with E-state index in [-0.39, 0.29) is 24.2 Å². The van der Waals surface area contributed by atoms with Gasteiger partial charge in [-0.05, 0) is 44.0 Å². The molecular weight excluding hydrogens is 244 g/mol. The van der Waals surface area contributed by atoms with Crippen LogP contribution in [0.15, 0.2) is 18.2 Å². The van der Waals surface area contributed by atoms with E-state index < -0.39 is 5.97 Å². The minimum Gasteiger partial charge on any atom is -0.487 e. The number of hydrogen-bond acceptors (Lipinski definition) is 3. The highest BCUT2D eigenvalue weighted by atomic mass is 16.5. The van der Waals surface area contributed by atoms with E-state index in [0.29, 0.717) is 12.0 Å². The fourth-order valence-electron chi connectivity index (χ4n) is 2.33. The molecule has 0 atom stereocenters. The maximum atomic E-state index is 12.0. The van der Waals surface area contributed by atoms with Crippen molar-refractivity contribution in [2.24, 2.45) is 0 Å². The molecule has 2 rings (SSSR count). The summed E-state index contributed by atoms with van der Waals surface area (Å²) in [5.41, 5.74) is 1.48. The van der Waals surface area contributed by atoms with Crippen LogP contribution in [0.1, 0.15) is 49.0 Å². The molecule has 0 aromatic heterocycles. The Labute approximate surface area is 112 Å². The maximum Gasteiger partial charge on any atom is 0.303 e. The predicted molar refractivity (Wildman–Crippen MR) is 70.7 cm³/mol. The molecule has 1 aliphatic rings. The van der Waals surface area contributed by atoms with Crippen LogP contribution >= 0.6 is 0 Å². The molecule has 0 unspecified atom stereocenters. The van der Waals surface area contributed by atoms with Crippen LogP contribution in [0, 0.1) is 0 Å². The second-order valence-electron chi connectivity index (χ2n) is 5.53. The number of benzene rings is 1. The molecule has 4 nitrogen and oxygen atoms in total. The molecule has 0 radical (unpaired) electrons. The first-order chi connectivity index (χ1) is 8.87. The van der Waals surface area contributed by atoms with Crippen molar-refractivity contribution < 1.29 is 19.4 Å². The zero-order valence-electron chi connectivity index (χ0n) is 11.2. The van der Waals surface area contributed by atoms with E-state index in [4.69, 9.17) is 9.84 Å². The van der Waals surface area contributed by atoms with E-state index in [9.17, 15) is 9.59 Å². The van der Waals surface area contributed by atoms with Crippen molar-refractivity contribution in [3.8, 4) is 5.75 Å². The Hall–Kier alpha value is -1.84. The molecular formula is C15H18O4. The van der Waals surface area contributed by atoms with Crippen LogP contribution in [0.5, 0.6) is 5.75 Å². The van der Waals surface area contributed by atoms with Gasteiger partial charge in [0.15, 0.2) is 5.78 Å². The van der Waals surface area contributed by atoms with E-state index >= 15 is 0 Å². The summed E-state index contributed by atoms with van der Waals surface area (Å²) in [4.78, 5) is 22.4. The highest BCUT2D eigenvalue weighted by molar-refractivity contribution is 5.96. The summed E-state index contributed by atoms with van der Waals surface area (Å²) in [7, 11) is 0. The zero-order valence-corrected chi connectivity index (χ0v) is 11.2. The average Bonchev–Trinajstić information content (AvgIpc) is 2.60. The maximum absolute atomic E-state index is 12.0. The summed E-state index contributed by atoms with van der Waals surface area (Å²) in [6.45, 7) is 4.03. The van der Waals surface area contributed by atoms with Crippen LogP contribution in [-0.2, 0) is 11.2 Å². The average molecular weight is 262 g/mol. The number of rotatable bonds is 5. The van der Waals surface area contributed by atoms with E-state index in [1.54, 1.807) is 6.07 Å². The van der Waals surface area contributed by atoms with Crippen molar-refractivity contribution in [2.45, 2.75) is 45.1 Å². The van der Waals surface area contributed by atoms with Crippen molar-refractivity contribution in [2.75, 3.05) is 0 Å². The van der Waals surface area contributed by atoms with Crippen LogP contribution in [0.3, 0.4) is 0 Å². The lowest BCUT2D eigenvalue weighted by atomic mass is 9.98. The molecule has 0 fully saturated rings. The summed E-state index contributed by atoms with van der Waals surface area (Å²) in [5.74, 6) is -0.0299. The molecule has 1 aliphatic heterocycles. The van der Waals surface area contributed by atoms with Crippen LogP contribution in [0.2, 0.25) is 0 Å². The normalized spacial score (nSPS) is 15.7. The summed E-state index contributed by atoms with van der Waals surface area (Å²) in [6.07, 6.45) is 1.48. The molecule has 0 amide bonds. The number of carboxylic acid groups (broad SMARTS) is 1. The molecule has 0 saturated heterocycles. The summed E-state index contributed by atoms with van der Waals surface area (Å²) >= 11 is 0. The van der Waals surface area contributed by atoms with Crippen molar-refractivity contribution in [3.05, 3.63) is 29.3 Å². The molecule has 4 heteroatoms. The quantitative estimate of drug-likeness (QED) is 0.829. The molecule has 0 bridgehead atoms. The molecule has 102 valence electrons. The Bertz CT molecular complexity index is 517. The molecule has 1 aromatic rings. The molecule has 1 heterocycles. The topological polar surface area (TPSA) is 63.6 Å². The van der Waals surface area contributed by atoms with Gasteiger partial charge in [-0.15, -0.1) is 0 Å². The van der Waals surface area contributed by atoms with E-state index in [2.05, 4.69) is 0 Å². The van der Waals surface area contributed by atoms with Gasteiger partial charge in [0, 0.05) is 24.8 Å². The molecule has 0 spiro atoms. The van der Waals surface area contributed by atoms with E-state index in [1.807, 2.05) is 26.0 Å². The molecule has 0 saturated carbocycles. The van der Waals surface area contributed by atoms with Gasteiger partial charge in [0.25, 0.3) is 0 Å². The predicted octanol–water partition coefficient (Wildman–Crippen LogP) is 2.84.